The highest BCUT2D eigenvalue weighted by Gasteiger charge is 2.39. The van der Waals surface area contributed by atoms with Gasteiger partial charge in [-0.25, -0.2) is 4.79 Å². The van der Waals surface area contributed by atoms with E-state index >= 15 is 0 Å². The van der Waals surface area contributed by atoms with Crippen molar-refractivity contribution >= 4 is 6.09 Å². The average molecular weight is 271 g/mol. The van der Waals surface area contributed by atoms with E-state index in [0.717, 1.165) is 6.42 Å². The van der Waals surface area contributed by atoms with Gasteiger partial charge < -0.3 is 14.7 Å². The van der Waals surface area contributed by atoms with Crippen LogP contribution in [-0.2, 0) is 4.74 Å². The minimum atomic E-state index is -0.633. The highest BCUT2D eigenvalue weighted by Crippen LogP contribution is 2.32. The van der Waals surface area contributed by atoms with Crippen LogP contribution in [0, 0.1) is 5.92 Å². The molecule has 4 heteroatoms. The van der Waals surface area contributed by atoms with Crippen LogP contribution in [0.5, 0.6) is 0 Å². The first-order valence-corrected chi connectivity index (χ1v) is 7.24. The van der Waals surface area contributed by atoms with Crippen LogP contribution in [-0.4, -0.2) is 39.9 Å². The summed E-state index contributed by atoms with van der Waals surface area (Å²) in [6, 6.07) is 0.0207. The van der Waals surface area contributed by atoms with Gasteiger partial charge in [-0.05, 0) is 52.9 Å². The van der Waals surface area contributed by atoms with Crippen LogP contribution in [0.3, 0.4) is 0 Å². The third-order valence-electron chi connectivity index (χ3n) is 3.44. The van der Waals surface area contributed by atoms with E-state index in [4.69, 9.17) is 4.74 Å². The number of aliphatic hydroxyl groups is 1. The summed E-state index contributed by atoms with van der Waals surface area (Å²) in [4.78, 5) is 13.8. The number of carbonyl (C=O) groups is 1. The summed E-state index contributed by atoms with van der Waals surface area (Å²) in [5.41, 5.74) is -1.10. The zero-order valence-corrected chi connectivity index (χ0v) is 13.2. The molecule has 1 saturated heterocycles. The maximum atomic E-state index is 12.1. The van der Waals surface area contributed by atoms with Crippen LogP contribution >= 0.6 is 0 Å². The Bertz CT molecular complexity index is 322. The number of nitrogens with zero attached hydrogens (tertiary/aromatic N) is 1. The SMILES string of the molecule is CC(C)C[C@]1(O)CCN(C(=O)OC(C)(C)C)[C@@H](C)C1. The summed E-state index contributed by atoms with van der Waals surface area (Å²) in [5, 5.41) is 10.6. The van der Waals surface area contributed by atoms with E-state index in [-0.39, 0.29) is 12.1 Å². The number of ether oxygens (including phenoxy) is 1. The molecule has 1 N–H and O–H groups in total. The van der Waals surface area contributed by atoms with E-state index in [1.807, 2.05) is 27.7 Å². The maximum Gasteiger partial charge on any atom is 0.410 e. The Labute approximate surface area is 117 Å². The zero-order chi connectivity index (χ0) is 14.8. The summed E-state index contributed by atoms with van der Waals surface area (Å²) < 4.78 is 5.40. The van der Waals surface area contributed by atoms with Gasteiger partial charge in [0.2, 0.25) is 0 Å². The molecule has 1 rings (SSSR count). The Morgan fingerprint density at radius 1 is 1.47 bits per heavy atom. The van der Waals surface area contributed by atoms with Crippen molar-refractivity contribution in [3.63, 3.8) is 0 Å². The van der Waals surface area contributed by atoms with Crippen molar-refractivity contribution in [1.29, 1.82) is 0 Å². The Kier molecular flexibility index (Phi) is 4.88. The van der Waals surface area contributed by atoms with E-state index < -0.39 is 11.2 Å². The van der Waals surface area contributed by atoms with E-state index in [1.165, 1.54) is 0 Å². The fourth-order valence-electron chi connectivity index (χ4n) is 2.85. The normalized spacial score (nSPS) is 28.6. The standard InChI is InChI=1S/C15H29NO3/c1-11(2)9-15(18)7-8-16(12(3)10-15)13(17)19-14(4,5)6/h11-12,18H,7-10H2,1-6H3/t12-,15+/m0/s1. The van der Waals surface area contributed by atoms with Crippen LogP contribution in [0.15, 0.2) is 0 Å². The Morgan fingerprint density at radius 2 is 2.05 bits per heavy atom. The van der Waals surface area contributed by atoms with Crippen molar-refractivity contribution in [2.75, 3.05) is 6.54 Å². The van der Waals surface area contributed by atoms with Crippen LogP contribution in [0.25, 0.3) is 0 Å². The highest BCUT2D eigenvalue weighted by atomic mass is 16.6. The summed E-state index contributed by atoms with van der Waals surface area (Å²) in [6.07, 6.45) is 1.78. The second-order valence-corrected chi connectivity index (χ2v) is 7.30. The Morgan fingerprint density at radius 3 is 2.47 bits per heavy atom. The van der Waals surface area contributed by atoms with Crippen LogP contribution < -0.4 is 0 Å². The molecule has 0 radical (unpaired) electrons. The van der Waals surface area contributed by atoms with Gasteiger partial charge in [-0.3, -0.25) is 0 Å². The lowest BCUT2D eigenvalue weighted by Crippen LogP contribution is -2.53. The lowest BCUT2D eigenvalue weighted by molar-refractivity contribution is -0.0606. The molecule has 1 aliphatic heterocycles. The maximum absolute atomic E-state index is 12.1. The van der Waals surface area contributed by atoms with Gasteiger partial charge in [-0.1, -0.05) is 13.8 Å². The van der Waals surface area contributed by atoms with Crippen molar-refractivity contribution in [1.82, 2.24) is 4.90 Å². The van der Waals surface area contributed by atoms with Crippen molar-refractivity contribution in [3.8, 4) is 0 Å². The highest BCUT2D eigenvalue weighted by molar-refractivity contribution is 5.68. The number of rotatable bonds is 2. The quantitative estimate of drug-likeness (QED) is 0.839. The molecule has 0 aliphatic carbocycles. The van der Waals surface area contributed by atoms with Gasteiger partial charge in [0.05, 0.1) is 5.60 Å². The van der Waals surface area contributed by atoms with Crippen LogP contribution in [0.2, 0.25) is 0 Å². The van der Waals surface area contributed by atoms with Crippen LogP contribution in [0.4, 0.5) is 4.79 Å². The molecule has 0 spiro atoms. The predicted molar refractivity (Wildman–Crippen MR) is 76.0 cm³/mol. The average Bonchev–Trinajstić information content (AvgIpc) is 2.11. The molecule has 0 unspecified atom stereocenters. The largest absolute Gasteiger partial charge is 0.444 e. The first kappa shape index (κ1) is 16.3. The van der Waals surface area contributed by atoms with Gasteiger partial charge in [0.1, 0.15) is 5.60 Å². The second-order valence-electron chi connectivity index (χ2n) is 7.30. The van der Waals surface area contributed by atoms with E-state index in [0.29, 0.717) is 25.3 Å². The van der Waals surface area contributed by atoms with Crippen molar-refractivity contribution < 1.29 is 14.6 Å². The molecule has 0 aromatic carbocycles. The van der Waals surface area contributed by atoms with Gasteiger partial charge in [-0.2, -0.15) is 0 Å². The van der Waals surface area contributed by atoms with Gasteiger partial charge in [0.15, 0.2) is 0 Å². The van der Waals surface area contributed by atoms with Crippen LogP contribution in [0.1, 0.15) is 60.8 Å². The lowest BCUT2D eigenvalue weighted by Gasteiger charge is -2.43. The number of piperidine rings is 1. The Balaban J connectivity index is 2.62. The van der Waals surface area contributed by atoms with E-state index in [9.17, 15) is 9.90 Å². The summed E-state index contributed by atoms with van der Waals surface area (Å²) in [7, 11) is 0. The first-order chi connectivity index (χ1) is 8.52. The van der Waals surface area contributed by atoms with Crippen molar-refractivity contribution in [2.45, 2.75) is 78.0 Å². The molecule has 4 nitrogen and oxygen atoms in total. The molecule has 1 aliphatic rings. The molecule has 1 heterocycles. The van der Waals surface area contributed by atoms with Gasteiger partial charge in [0, 0.05) is 12.6 Å². The molecule has 112 valence electrons. The molecule has 2 atom stereocenters. The number of carbonyl (C=O) groups excluding carboxylic acids is 1. The van der Waals surface area contributed by atoms with Gasteiger partial charge >= 0.3 is 6.09 Å². The van der Waals surface area contributed by atoms with E-state index in [1.54, 1.807) is 4.90 Å². The van der Waals surface area contributed by atoms with E-state index in [2.05, 4.69) is 13.8 Å². The van der Waals surface area contributed by atoms with Gasteiger partial charge in [-0.15, -0.1) is 0 Å². The topological polar surface area (TPSA) is 49.8 Å². The fourth-order valence-corrected chi connectivity index (χ4v) is 2.85. The molecule has 1 fully saturated rings. The molecular formula is C15H29NO3. The number of likely N-dealkylation sites (tertiary alicyclic amines) is 1. The second kappa shape index (κ2) is 5.70. The predicted octanol–water partition coefficient (Wildman–Crippen LogP) is 3.18. The van der Waals surface area contributed by atoms with Crippen molar-refractivity contribution in [3.05, 3.63) is 0 Å². The minimum Gasteiger partial charge on any atom is -0.444 e. The third kappa shape index (κ3) is 5.01. The third-order valence-corrected chi connectivity index (χ3v) is 3.44. The minimum absolute atomic E-state index is 0.0207. The molecule has 0 aromatic rings. The Hall–Kier alpha value is -0.770. The fraction of sp³-hybridized carbons (Fsp3) is 0.933. The summed E-state index contributed by atoms with van der Waals surface area (Å²) >= 11 is 0. The van der Waals surface area contributed by atoms with Gasteiger partial charge in [0.25, 0.3) is 0 Å². The molecular weight excluding hydrogens is 242 g/mol. The summed E-state index contributed by atoms with van der Waals surface area (Å²) in [5.74, 6) is 0.463. The molecule has 1 amide bonds. The lowest BCUT2D eigenvalue weighted by atomic mass is 9.81. The monoisotopic (exact) mass is 271 g/mol. The number of hydrogen-bond acceptors (Lipinski definition) is 3. The smallest absolute Gasteiger partial charge is 0.410 e. The summed E-state index contributed by atoms with van der Waals surface area (Å²) in [6.45, 7) is 12.4. The molecule has 19 heavy (non-hydrogen) atoms. The first-order valence-electron chi connectivity index (χ1n) is 7.24. The zero-order valence-electron chi connectivity index (χ0n) is 13.2. The molecule has 0 saturated carbocycles. The molecule has 0 aromatic heterocycles. The van der Waals surface area contributed by atoms with Crippen molar-refractivity contribution in [2.24, 2.45) is 5.92 Å². The number of amides is 1. The molecule has 0 bridgehead atoms. The number of hydrogen-bond donors (Lipinski definition) is 1.